The van der Waals surface area contributed by atoms with E-state index < -0.39 is 11.9 Å². The fourth-order valence-electron chi connectivity index (χ4n) is 3.06. The van der Waals surface area contributed by atoms with E-state index in [4.69, 9.17) is 5.73 Å². The Bertz CT molecular complexity index is 992. The molecule has 33 heavy (non-hydrogen) atoms. The molecule has 5 nitrogen and oxygen atoms in total. The van der Waals surface area contributed by atoms with E-state index >= 15 is 0 Å². The minimum Gasteiger partial charge on any atom is -0.402 e. The van der Waals surface area contributed by atoms with Gasteiger partial charge in [-0.3, -0.25) is 14.8 Å². The van der Waals surface area contributed by atoms with Crippen molar-refractivity contribution in [2.45, 2.75) is 59.2 Å². The van der Waals surface area contributed by atoms with E-state index in [0.29, 0.717) is 28.5 Å². The monoisotopic (exact) mass is 480 g/mol. The van der Waals surface area contributed by atoms with Gasteiger partial charge in [-0.05, 0) is 69.7 Å². The molecule has 180 valence electrons. The van der Waals surface area contributed by atoms with Gasteiger partial charge in [0.05, 0.1) is 6.04 Å². The van der Waals surface area contributed by atoms with Gasteiger partial charge >= 0.3 is 6.18 Å². The Morgan fingerprint density at radius 3 is 2.61 bits per heavy atom. The zero-order valence-corrected chi connectivity index (χ0v) is 20.4. The van der Waals surface area contributed by atoms with Crippen LogP contribution in [0, 0.1) is 5.92 Å². The first-order valence-corrected chi connectivity index (χ1v) is 11.7. The number of carbonyl (C=O) groups excluding carboxylic acids is 1. The molecule has 1 aromatic heterocycles. The predicted molar refractivity (Wildman–Crippen MR) is 129 cm³/mol. The fourth-order valence-corrected chi connectivity index (χ4v) is 4.21. The van der Waals surface area contributed by atoms with Crippen LogP contribution in [0.1, 0.15) is 58.2 Å². The molecular weight excluding hydrogens is 449 g/mol. The van der Waals surface area contributed by atoms with Crippen molar-refractivity contribution in [3.63, 3.8) is 0 Å². The van der Waals surface area contributed by atoms with E-state index in [2.05, 4.69) is 15.3 Å². The Morgan fingerprint density at radius 1 is 1.42 bits per heavy atom. The van der Waals surface area contributed by atoms with Crippen molar-refractivity contribution < 1.29 is 18.0 Å². The SMILES string of the molecule is C/C=C(\SC(=C(C)CC)c1ccnc(C(F)(F)F)c1)C(C)NC(=O)C(/C=C(\N)C1CC1)=NC. The van der Waals surface area contributed by atoms with Crippen LogP contribution in [-0.4, -0.2) is 29.7 Å². The van der Waals surface area contributed by atoms with Crippen LogP contribution < -0.4 is 11.1 Å². The number of pyridine rings is 1. The number of alkyl halides is 3. The van der Waals surface area contributed by atoms with Crippen LogP contribution >= 0.6 is 11.8 Å². The topological polar surface area (TPSA) is 80.4 Å². The van der Waals surface area contributed by atoms with Crippen LogP contribution in [0.5, 0.6) is 0 Å². The number of thioether (sulfide) groups is 1. The maximum atomic E-state index is 13.2. The van der Waals surface area contributed by atoms with Gasteiger partial charge in [0, 0.05) is 28.8 Å². The largest absolute Gasteiger partial charge is 0.433 e. The van der Waals surface area contributed by atoms with Crippen molar-refractivity contribution in [1.29, 1.82) is 0 Å². The third kappa shape index (κ3) is 7.48. The van der Waals surface area contributed by atoms with Crippen LogP contribution in [0.3, 0.4) is 0 Å². The number of aromatic nitrogens is 1. The van der Waals surface area contributed by atoms with Gasteiger partial charge in [0.25, 0.3) is 5.91 Å². The van der Waals surface area contributed by atoms with Gasteiger partial charge in [0.15, 0.2) is 0 Å². The number of nitrogens with two attached hydrogens (primary N) is 1. The van der Waals surface area contributed by atoms with Crippen LogP contribution in [-0.2, 0) is 11.0 Å². The number of hydrogen-bond donors (Lipinski definition) is 2. The molecule has 1 amide bonds. The minimum atomic E-state index is -4.53. The van der Waals surface area contributed by atoms with Crippen molar-refractivity contribution in [3.05, 3.63) is 57.9 Å². The molecule has 1 aromatic rings. The number of hydrogen-bond acceptors (Lipinski definition) is 5. The van der Waals surface area contributed by atoms with Gasteiger partial charge in [-0.1, -0.05) is 30.3 Å². The molecule has 0 bridgehead atoms. The Kier molecular flexibility index (Phi) is 9.34. The Labute approximate surface area is 197 Å². The third-order valence-electron chi connectivity index (χ3n) is 5.34. The highest BCUT2D eigenvalue weighted by molar-refractivity contribution is 8.11. The maximum absolute atomic E-state index is 13.2. The van der Waals surface area contributed by atoms with Crippen molar-refractivity contribution in [3.8, 4) is 0 Å². The molecule has 3 N–H and O–H groups in total. The van der Waals surface area contributed by atoms with Crippen molar-refractivity contribution in [2.24, 2.45) is 16.6 Å². The van der Waals surface area contributed by atoms with Crippen molar-refractivity contribution in [1.82, 2.24) is 10.3 Å². The Hall–Kier alpha value is -2.55. The summed E-state index contributed by atoms with van der Waals surface area (Å²) in [5.74, 6) is -0.0325. The lowest BCUT2D eigenvalue weighted by Crippen LogP contribution is -2.38. The van der Waals surface area contributed by atoms with Gasteiger partial charge < -0.3 is 11.1 Å². The average molecular weight is 481 g/mol. The zero-order valence-electron chi connectivity index (χ0n) is 19.6. The highest BCUT2D eigenvalue weighted by atomic mass is 32.2. The summed E-state index contributed by atoms with van der Waals surface area (Å²) in [7, 11) is 1.54. The molecule has 1 saturated carbocycles. The van der Waals surface area contributed by atoms with E-state index in [0.717, 1.165) is 29.4 Å². The molecule has 1 unspecified atom stereocenters. The van der Waals surface area contributed by atoms with Gasteiger partial charge in [0.2, 0.25) is 0 Å². The number of aliphatic imine (C=N–C) groups is 1. The van der Waals surface area contributed by atoms with Gasteiger partial charge in [-0.15, -0.1) is 0 Å². The first-order valence-electron chi connectivity index (χ1n) is 10.8. The quantitative estimate of drug-likeness (QED) is 0.444. The Balaban J connectivity index is 2.24. The number of nitrogens with one attached hydrogen (secondary N) is 1. The number of allylic oxidation sites excluding steroid dienone is 3. The molecular formula is C24H31F3N4OS. The van der Waals surface area contributed by atoms with E-state index in [1.54, 1.807) is 12.1 Å². The molecule has 0 radical (unpaired) electrons. The lowest BCUT2D eigenvalue weighted by molar-refractivity contribution is -0.141. The van der Waals surface area contributed by atoms with Crippen LogP contribution in [0.4, 0.5) is 13.2 Å². The molecule has 1 heterocycles. The molecule has 1 aliphatic rings. The molecule has 0 spiro atoms. The summed E-state index contributed by atoms with van der Waals surface area (Å²) in [5, 5.41) is 2.92. The lowest BCUT2D eigenvalue weighted by Gasteiger charge is -2.20. The third-order valence-corrected chi connectivity index (χ3v) is 6.95. The fraction of sp³-hybridized carbons (Fsp3) is 0.458. The molecule has 9 heteroatoms. The molecule has 1 fully saturated rings. The van der Waals surface area contributed by atoms with Crippen LogP contribution in [0.2, 0.25) is 0 Å². The second kappa shape index (κ2) is 11.5. The van der Waals surface area contributed by atoms with E-state index in [-0.39, 0.29) is 17.7 Å². The first-order chi connectivity index (χ1) is 15.5. The predicted octanol–water partition coefficient (Wildman–Crippen LogP) is 5.71. The average Bonchev–Trinajstić information content (AvgIpc) is 3.62. The van der Waals surface area contributed by atoms with Crippen molar-refractivity contribution >= 4 is 28.3 Å². The number of amides is 1. The highest BCUT2D eigenvalue weighted by Crippen LogP contribution is 2.40. The summed E-state index contributed by atoms with van der Waals surface area (Å²) in [5.41, 5.74) is 7.37. The van der Waals surface area contributed by atoms with Crippen molar-refractivity contribution in [2.75, 3.05) is 7.05 Å². The first kappa shape index (κ1) is 26.7. The number of carbonyl (C=O) groups is 1. The second-order valence-corrected chi connectivity index (χ2v) is 8.99. The summed E-state index contributed by atoms with van der Waals surface area (Å²) in [4.78, 5) is 21.8. The van der Waals surface area contributed by atoms with Gasteiger partial charge in [0.1, 0.15) is 11.4 Å². The smallest absolute Gasteiger partial charge is 0.402 e. The summed E-state index contributed by atoms with van der Waals surface area (Å²) in [6.45, 7) is 7.49. The second-order valence-electron chi connectivity index (χ2n) is 7.91. The molecule has 2 rings (SSSR count). The number of halogens is 3. The highest BCUT2D eigenvalue weighted by Gasteiger charge is 2.33. The molecule has 0 aromatic carbocycles. The van der Waals surface area contributed by atoms with Gasteiger partial charge in [-0.25, -0.2) is 0 Å². The summed E-state index contributed by atoms with van der Waals surface area (Å²) in [6.07, 6.45) is 2.82. The summed E-state index contributed by atoms with van der Waals surface area (Å²) < 4.78 is 39.6. The van der Waals surface area contributed by atoms with Crippen LogP contribution in [0.15, 0.2) is 51.6 Å². The maximum Gasteiger partial charge on any atom is 0.433 e. The van der Waals surface area contributed by atoms with Crippen LogP contribution in [0.25, 0.3) is 4.91 Å². The molecule has 1 atom stereocenters. The van der Waals surface area contributed by atoms with E-state index in [1.165, 1.54) is 25.0 Å². The normalized spacial score (nSPS) is 17.5. The standard InChI is InChI=1S/C24H31F3N4OS/c1-6-14(3)22(17-10-11-30-21(12-17)24(25,26)27)33-20(7-2)15(4)31-23(32)19(29-5)13-18(28)16-8-9-16/h7,10-13,15-16H,6,8-9,28H2,1-5H3,(H,31,32)/b18-13-,20-7-,22-14?,29-19?. The molecule has 1 aliphatic carbocycles. The summed E-state index contributed by atoms with van der Waals surface area (Å²) >= 11 is 1.34. The molecule has 0 aliphatic heterocycles. The Morgan fingerprint density at radius 2 is 2.09 bits per heavy atom. The number of nitrogens with zero attached hydrogens (tertiary/aromatic N) is 2. The summed E-state index contributed by atoms with van der Waals surface area (Å²) in [6, 6.07) is 2.25. The minimum absolute atomic E-state index is 0.246. The molecule has 0 saturated heterocycles. The van der Waals surface area contributed by atoms with Gasteiger partial charge in [-0.2, -0.15) is 13.2 Å². The lowest BCUT2D eigenvalue weighted by atomic mass is 10.1. The number of rotatable bonds is 9. The zero-order chi connectivity index (χ0) is 24.8. The van der Waals surface area contributed by atoms with E-state index in [9.17, 15) is 18.0 Å². The van der Waals surface area contributed by atoms with E-state index in [1.807, 2.05) is 33.8 Å².